The molecule has 0 saturated heterocycles. The first-order valence-electron chi connectivity index (χ1n) is 14.0. The molecule has 0 aliphatic rings. The average Bonchev–Trinajstić information content (AvgIpc) is 2.85. The Morgan fingerprint density at radius 3 is 2.10 bits per heavy atom. The van der Waals surface area contributed by atoms with Crippen LogP contribution in [0.4, 0.5) is 10.5 Å². The van der Waals surface area contributed by atoms with Crippen LogP contribution in [0, 0.1) is 27.7 Å². The zero-order valence-corrected chi connectivity index (χ0v) is 25.1. The van der Waals surface area contributed by atoms with Gasteiger partial charge in [-0.25, -0.2) is 4.79 Å². The Balaban J connectivity index is 2.43. The maximum atomic E-state index is 14.0. The Hall–Kier alpha value is -3.35. The molecule has 3 amide bonds. The summed E-state index contributed by atoms with van der Waals surface area (Å²) in [6.45, 7) is 15.5. The molecule has 0 radical (unpaired) electrons. The van der Waals surface area contributed by atoms with Gasteiger partial charge in [0.1, 0.15) is 18.2 Å². The molecule has 0 heterocycles. The average molecular weight is 538 g/mol. The number of unbranched alkanes of at least 4 members (excludes halogenated alkanes) is 4. The molecule has 0 aliphatic heterocycles. The van der Waals surface area contributed by atoms with Crippen LogP contribution in [0.15, 0.2) is 36.4 Å². The number of carbonyl (C=O) groups is 3. The predicted octanol–water partition coefficient (Wildman–Crippen LogP) is 6.92. The first kappa shape index (κ1) is 31.9. The third-order valence-corrected chi connectivity index (χ3v) is 6.74. The van der Waals surface area contributed by atoms with E-state index in [4.69, 9.17) is 4.74 Å². The minimum absolute atomic E-state index is 0.262. The number of rotatable bonds is 12. The zero-order valence-electron chi connectivity index (χ0n) is 25.1. The fourth-order valence-electron chi connectivity index (χ4n) is 4.46. The SMILES string of the molecule is CCCCCCCN(C(=O)CNC(=O)OC(C)(C)C)C(C(=O)Nc1c(C)cccc1C)c1ccc(C)c(C)c1. The summed E-state index contributed by atoms with van der Waals surface area (Å²) >= 11 is 0. The van der Waals surface area contributed by atoms with Crippen molar-refractivity contribution < 1.29 is 19.1 Å². The molecule has 0 saturated carbocycles. The number of alkyl carbamates (subject to hydrolysis) is 1. The largest absolute Gasteiger partial charge is 0.444 e. The monoisotopic (exact) mass is 537 g/mol. The lowest BCUT2D eigenvalue weighted by Crippen LogP contribution is -2.47. The van der Waals surface area contributed by atoms with E-state index in [1.807, 2.05) is 64.1 Å². The van der Waals surface area contributed by atoms with Crippen LogP contribution in [-0.2, 0) is 14.3 Å². The molecule has 2 N–H and O–H groups in total. The van der Waals surface area contributed by atoms with Crippen LogP contribution in [0.25, 0.3) is 0 Å². The highest BCUT2D eigenvalue weighted by Crippen LogP contribution is 2.28. The first-order valence-corrected chi connectivity index (χ1v) is 14.0. The summed E-state index contributed by atoms with van der Waals surface area (Å²) in [6, 6.07) is 10.9. The van der Waals surface area contributed by atoms with E-state index in [1.54, 1.807) is 25.7 Å². The molecule has 2 aromatic rings. The molecule has 1 atom stereocenters. The second-order valence-electron chi connectivity index (χ2n) is 11.4. The van der Waals surface area contributed by atoms with Gasteiger partial charge in [-0.2, -0.15) is 0 Å². The van der Waals surface area contributed by atoms with E-state index in [9.17, 15) is 14.4 Å². The maximum Gasteiger partial charge on any atom is 0.408 e. The highest BCUT2D eigenvalue weighted by atomic mass is 16.6. The molecular formula is C32H47N3O4. The molecule has 2 aromatic carbocycles. The molecule has 7 nitrogen and oxygen atoms in total. The van der Waals surface area contributed by atoms with Crippen molar-refractivity contribution in [3.8, 4) is 0 Å². The number of ether oxygens (including phenoxy) is 1. The van der Waals surface area contributed by atoms with E-state index >= 15 is 0 Å². The van der Waals surface area contributed by atoms with Crippen LogP contribution in [0.2, 0.25) is 0 Å². The molecule has 0 spiro atoms. The van der Waals surface area contributed by atoms with Crippen LogP contribution in [0.5, 0.6) is 0 Å². The summed E-state index contributed by atoms with van der Waals surface area (Å²) in [6.07, 6.45) is 4.36. The van der Waals surface area contributed by atoms with E-state index in [-0.39, 0.29) is 18.4 Å². The van der Waals surface area contributed by atoms with Gasteiger partial charge in [-0.15, -0.1) is 0 Å². The Labute approximate surface area is 234 Å². The third-order valence-electron chi connectivity index (χ3n) is 6.74. The summed E-state index contributed by atoms with van der Waals surface area (Å²) in [4.78, 5) is 41.6. The number of anilines is 1. The number of hydrogen-bond donors (Lipinski definition) is 2. The molecule has 214 valence electrons. The number of nitrogens with one attached hydrogen (secondary N) is 2. The standard InChI is InChI=1S/C32H47N3O4/c1-9-10-11-12-13-19-35(27(36)21-33-31(38)39-32(6,7)8)29(26-18-17-22(2)25(5)20-26)30(37)34-28-23(3)15-14-16-24(28)4/h14-18,20,29H,9-13,19,21H2,1-8H3,(H,33,38)(H,34,37). The molecule has 0 bridgehead atoms. The summed E-state index contributed by atoms with van der Waals surface area (Å²) in [5, 5.41) is 5.69. The van der Waals surface area contributed by atoms with Crippen molar-refractivity contribution in [2.45, 2.75) is 99.1 Å². The first-order chi connectivity index (χ1) is 18.3. The topological polar surface area (TPSA) is 87.7 Å². The van der Waals surface area contributed by atoms with E-state index in [2.05, 4.69) is 17.6 Å². The summed E-state index contributed by atoms with van der Waals surface area (Å²) < 4.78 is 5.32. The van der Waals surface area contributed by atoms with Crippen LogP contribution >= 0.6 is 0 Å². The Morgan fingerprint density at radius 2 is 1.51 bits per heavy atom. The van der Waals surface area contributed by atoms with Gasteiger partial charge in [-0.3, -0.25) is 9.59 Å². The second kappa shape index (κ2) is 14.7. The van der Waals surface area contributed by atoms with E-state index in [0.29, 0.717) is 6.54 Å². The van der Waals surface area contributed by atoms with Crippen molar-refractivity contribution in [3.05, 3.63) is 64.2 Å². The van der Waals surface area contributed by atoms with Gasteiger partial charge >= 0.3 is 6.09 Å². The fraction of sp³-hybridized carbons (Fsp3) is 0.531. The summed E-state index contributed by atoms with van der Waals surface area (Å²) in [7, 11) is 0. The number of amides is 3. The van der Waals surface area contributed by atoms with Crippen molar-refractivity contribution in [3.63, 3.8) is 0 Å². The minimum Gasteiger partial charge on any atom is -0.444 e. The van der Waals surface area contributed by atoms with Gasteiger partial charge in [0.25, 0.3) is 5.91 Å². The van der Waals surface area contributed by atoms with E-state index < -0.39 is 17.7 Å². The van der Waals surface area contributed by atoms with E-state index in [1.165, 1.54) is 0 Å². The number of hydrogen-bond acceptors (Lipinski definition) is 4. The lowest BCUT2D eigenvalue weighted by molar-refractivity contribution is -0.138. The minimum atomic E-state index is -0.859. The molecule has 0 aliphatic carbocycles. The van der Waals surface area contributed by atoms with Gasteiger partial charge in [-0.05, 0) is 82.7 Å². The number of benzene rings is 2. The maximum absolute atomic E-state index is 14.0. The number of carbonyl (C=O) groups excluding carboxylic acids is 3. The van der Waals surface area contributed by atoms with Gasteiger partial charge in [0.05, 0.1) is 0 Å². The molecular weight excluding hydrogens is 490 g/mol. The van der Waals surface area contributed by atoms with Gasteiger partial charge in [0.2, 0.25) is 5.91 Å². The number of para-hydroxylation sites is 1. The molecule has 39 heavy (non-hydrogen) atoms. The van der Waals surface area contributed by atoms with Gasteiger partial charge < -0.3 is 20.3 Å². The van der Waals surface area contributed by atoms with Crippen LogP contribution in [0.3, 0.4) is 0 Å². The molecule has 1 unspecified atom stereocenters. The Kier molecular flexibility index (Phi) is 12.0. The zero-order chi connectivity index (χ0) is 29.2. The smallest absolute Gasteiger partial charge is 0.408 e. The predicted molar refractivity (Wildman–Crippen MR) is 158 cm³/mol. The van der Waals surface area contributed by atoms with Crippen LogP contribution in [0.1, 0.15) is 93.7 Å². The quantitative estimate of drug-likeness (QED) is 0.288. The number of aryl methyl sites for hydroxylation is 4. The van der Waals surface area contributed by atoms with Crippen molar-refractivity contribution in [1.29, 1.82) is 0 Å². The summed E-state index contributed by atoms with van der Waals surface area (Å²) in [5.74, 6) is -0.619. The van der Waals surface area contributed by atoms with Crippen molar-refractivity contribution in [2.75, 3.05) is 18.4 Å². The highest BCUT2D eigenvalue weighted by Gasteiger charge is 2.32. The molecule has 0 fully saturated rings. The van der Waals surface area contributed by atoms with Crippen molar-refractivity contribution >= 4 is 23.6 Å². The molecule has 0 aromatic heterocycles. The Bertz CT molecular complexity index is 1120. The van der Waals surface area contributed by atoms with Gasteiger partial charge in [-0.1, -0.05) is 69.0 Å². The number of nitrogens with zero attached hydrogens (tertiary/aromatic N) is 1. The van der Waals surface area contributed by atoms with Crippen LogP contribution in [-0.4, -0.2) is 41.5 Å². The van der Waals surface area contributed by atoms with Gasteiger partial charge in [0, 0.05) is 12.2 Å². The molecule has 2 rings (SSSR count). The van der Waals surface area contributed by atoms with E-state index in [0.717, 1.165) is 65.6 Å². The normalized spacial score (nSPS) is 12.0. The third kappa shape index (κ3) is 10.0. The van der Waals surface area contributed by atoms with Crippen molar-refractivity contribution in [2.24, 2.45) is 0 Å². The Morgan fingerprint density at radius 1 is 0.872 bits per heavy atom. The lowest BCUT2D eigenvalue weighted by atomic mass is 9.98. The second-order valence-corrected chi connectivity index (χ2v) is 11.4. The van der Waals surface area contributed by atoms with Crippen molar-refractivity contribution in [1.82, 2.24) is 10.2 Å². The summed E-state index contributed by atoms with van der Waals surface area (Å²) in [5.41, 5.74) is 4.85. The lowest BCUT2D eigenvalue weighted by Gasteiger charge is -2.32. The molecule has 7 heteroatoms. The van der Waals surface area contributed by atoms with Gasteiger partial charge in [0.15, 0.2) is 0 Å². The fourth-order valence-corrected chi connectivity index (χ4v) is 4.46. The van der Waals surface area contributed by atoms with Crippen LogP contribution < -0.4 is 10.6 Å². The highest BCUT2D eigenvalue weighted by molar-refractivity contribution is 5.99.